The van der Waals surface area contributed by atoms with Crippen LogP contribution in [0, 0.1) is 5.92 Å². The van der Waals surface area contributed by atoms with Crippen molar-refractivity contribution >= 4 is 0 Å². The van der Waals surface area contributed by atoms with Gasteiger partial charge in [0.2, 0.25) is 0 Å². The summed E-state index contributed by atoms with van der Waals surface area (Å²) in [7, 11) is 2.20. The lowest BCUT2D eigenvalue weighted by Gasteiger charge is -2.16. The Bertz CT molecular complexity index is 70.5. The van der Waals surface area contributed by atoms with E-state index in [-0.39, 0.29) is 0 Å². The molecule has 1 aliphatic heterocycles. The quantitative estimate of drug-likeness (QED) is 0.458. The zero-order valence-electron chi connectivity index (χ0n) is 6.02. The average molecular weight is 113 g/mol. The molecule has 1 nitrogen and oxygen atoms in total. The molecule has 0 aromatic carbocycles. The molecular weight excluding hydrogens is 98.1 g/mol. The molecule has 1 heterocycles. The Balaban J connectivity index is 2.44. The molecule has 0 aromatic heterocycles. The van der Waals surface area contributed by atoms with Crippen molar-refractivity contribution in [3.63, 3.8) is 0 Å². The summed E-state index contributed by atoms with van der Waals surface area (Å²) >= 11 is 0. The molecule has 0 radical (unpaired) electrons. The van der Waals surface area contributed by atoms with E-state index in [1.54, 1.807) is 0 Å². The molecule has 1 rings (SSSR count). The Morgan fingerprint density at radius 3 is 2.12 bits per heavy atom. The third-order valence-corrected chi connectivity index (χ3v) is 2.46. The van der Waals surface area contributed by atoms with Gasteiger partial charge in [0.05, 0.1) is 0 Å². The minimum absolute atomic E-state index is 0.815. The summed E-state index contributed by atoms with van der Waals surface area (Å²) in [6, 6.07) is 0.815. The second kappa shape index (κ2) is 2.06. The second-order valence-electron chi connectivity index (χ2n) is 2.99. The van der Waals surface area contributed by atoms with E-state index in [1.807, 2.05) is 0 Å². The van der Waals surface area contributed by atoms with Gasteiger partial charge in [0, 0.05) is 6.04 Å². The van der Waals surface area contributed by atoms with Gasteiger partial charge in [-0.2, -0.15) is 0 Å². The monoisotopic (exact) mass is 113 g/mol. The molecule has 1 heteroatoms. The van der Waals surface area contributed by atoms with E-state index in [4.69, 9.17) is 0 Å². The molecule has 1 unspecified atom stereocenters. The van der Waals surface area contributed by atoms with E-state index in [2.05, 4.69) is 25.8 Å². The molecule has 0 amide bonds. The van der Waals surface area contributed by atoms with Crippen molar-refractivity contribution in [2.75, 3.05) is 13.6 Å². The van der Waals surface area contributed by atoms with Crippen LogP contribution >= 0.6 is 0 Å². The van der Waals surface area contributed by atoms with Gasteiger partial charge in [-0.1, -0.05) is 6.92 Å². The summed E-state index contributed by atoms with van der Waals surface area (Å²) < 4.78 is 0. The van der Waals surface area contributed by atoms with E-state index in [0.717, 1.165) is 12.0 Å². The standard InChI is InChI=1S/C7H15N/c1-6-4-5-8(3)7(6)2/h6-7H,4-5H2,1-3H3/t6?,7-/m0/s1. The maximum atomic E-state index is 2.42. The summed E-state index contributed by atoms with van der Waals surface area (Å²) in [5.41, 5.74) is 0. The molecule has 8 heavy (non-hydrogen) atoms. The largest absolute Gasteiger partial charge is 0.303 e. The lowest BCUT2D eigenvalue weighted by molar-refractivity contribution is 0.301. The summed E-state index contributed by atoms with van der Waals surface area (Å²) in [5.74, 6) is 0.917. The number of hydrogen-bond donors (Lipinski definition) is 0. The van der Waals surface area contributed by atoms with Gasteiger partial charge < -0.3 is 4.90 Å². The van der Waals surface area contributed by atoms with E-state index in [0.29, 0.717) is 0 Å². The van der Waals surface area contributed by atoms with Crippen LogP contribution in [0.15, 0.2) is 0 Å². The fraction of sp³-hybridized carbons (Fsp3) is 1.00. The van der Waals surface area contributed by atoms with Crippen molar-refractivity contribution < 1.29 is 0 Å². The maximum absolute atomic E-state index is 2.42. The highest BCUT2D eigenvalue weighted by molar-refractivity contribution is 4.77. The first kappa shape index (κ1) is 6.09. The predicted molar refractivity (Wildman–Crippen MR) is 35.9 cm³/mol. The molecule has 0 aromatic rings. The summed E-state index contributed by atoms with van der Waals surface area (Å²) in [5, 5.41) is 0. The topological polar surface area (TPSA) is 3.24 Å². The molecule has 0 aliphatic carbocycles. The van der Waals surface area contributed by atoms with Crippen LogP contribution in [-0.4, -0.2) is 24.5 Å². The normalized spacial score (nSPS) is 40.9. The van der Waals surface area contributed by atoms with Crippen molar-refractivity contribution in [2.45, 2.75) is 26.3 Å². The van der Waals surface area contributed by atoms with Gasteiger partial charge in [0.25, 0.3) is 0 Å². The van der Waals surface area contributed by atoms with Crippen LogP contribution in [0.1, 0.15) is 20.3 Å². The lowest BCUT2D eigenvalue weighted by atomic mass is 10.1. The van der Waals surface area contributed by atoms with Gasteiger partial charge in [-0.25, -0.2) is 0 Å². The molecule has 1 aliphatic rings. The Morgan fingerprint density at radius 1 is 1.38 bits per heavy atom. The van der Waals surface area contributed by atoms with E-state index >= 15 is 0 Å². The maximum Gasteiger partial charge on any atom is 0.00899 e. The average Bonchev–Trinajstić information content (AvgIpc) is 1.98. The van der Waals surface area contributed by atoms with Crippen LogP contribution in [0.3, 0.4) is 0 Å². The van der Waals surface area contributed by atoms with E-state index in [9.17, 15) is 0 Å². The first-order valence-corrected chi connectivity index (χ1v) is 3.42. The van der Waals surface area contributed by atoms with Crippen molar-refractivity contribution in [3.05, 3.63) is 0 Å². The molecule has 2 atom stereocenters. The van der Waals surface area contributed by atoms with Crippen LogP contribution in [-0.2, 0) is 0 Å². The van der Waals surface area contributed by atoms with Crippen LogP contribution in [0.5, 0.6) is 0 Å². The highest BCUT2D eigenvalue weighted by atomic mass is 15.1. The first-order chi connectivity index (χ1) is 3.72. The minimum atomic E-state index is 0.815. The molecule has 0 saturated carbocycles. The van der Waals surface area contributed by atoms with Gasteiger partial charge in [0.15, 0.2) is 0 Å². The highest BCUT2D eigenvalue weighted by Crippen LogP contribution is 2.20. The van der Waals surface area contributed by atoms with E-state index in [1.165, 1.54) is 13.0 Å². The molecule has 0 N–H and O–H groups in total. The van der Waals surface area contributed by atoms with Crippen molar-refractivity contribution in [2.24, 2.45) is 5.92 Å². The molecule has 1 saturated heterocycles. The SMILES string of the molecule is CC1CCN(C)[C@H]1C. The van der Waals surface area contributed by atoms with Crippen LogP contribution in [0.2, 0.25) is 0 Å². The van der Waals surface area contributed by atoms with E-state index < -0.39 is 0 Å². The molecule has 48 valence electrons. The Hall–Kier alpha value is -0.0400. The first-order valence-electron chi connectivity index (χ1n) is 3.42. The third kappa shape index (κ3) is 0.873. The Labute approximate surface area is 51.7 Å². The summed E-state index contributed by atoms with van der Waals surface area (Å²) in [4.78, 5) is 2.42. The zero-order chi connectivity index (χ0) is 6.15. The van der Waals surface area contributed by atoms with Gasteiger partial charge >= 0.3 is 0 Å². The highest BCUT2D eigenvalue weighted by Gasteiger charge is 2.23. The smallest absolute Gasteiger partial charge is 0.00899 e. The molecule has 0 spiro atoms. The second-order valence-corrected chi connectivity index (χ2v) is 2.99. The number of nitrogens with zero attached hydrogens (tertiary/aromatic N) is 1. The fourth-order valence-corrected chi connectivity index (χ4v) is 1.29. The van der Waals surface area contributed by atoms with Gasteiger partial charge in [0.1, 0.15) is 0 Å². The molecular formula is C7H15N. The van der Waals surface area contributed by atoms with Crippen molar-refractivity contribution in [1.29, 1.82) is 0 Å². The Morgan fingerprint density at radius 2 is 2.00 bits per heavy atom. The fourth-order valence-electron chi connectivity index (χ4n) is 1.29. The zero-order valence-corrected chi connectivity index (χ0v) is 6.02. The minimum Gasteiger partial charge on any atom is -0.303 e. The van der Waals surface area contributed by atoms with Crippen LogP contribution in [0.4, 0.5) is 0 Å². The van der Waals surface area contributed by atoms with Crippen LogP contribution in [0.25, 0.3) is 0 Å². The predicted octanol–water partition coefficient (Wildman–Crippen LogP) is 1.35. The third-order valence-electron chi connectivity index (χ3n) is 2.46. The van der Waals surface area contributed by atoms with Gasteiger partial charge in [-0.05, 0) is 32.9 Å². The van der Waals surface area contributed by atoms with Gasteiger partial charge in [-0.3, -0.25) is 0 Å². The number of hydrogen-bond acceptors (Lipinski definition) is 1. The number of likely N-dealkylation sites (tertiary alicyclic amines) is 1. The van der Waals surface area contributed by atoms with Crippen LogP contribution < -0.4 is 0 Å². The van der Waals surface area contributed by atoms with Gasteiger partial charge in [-0.15, -0.1) is 0 Å². The summed E-state index contributed by atoms with van der Waals surface area (Å²) in [6.07, 6.45) is 1.39. The van der Waals surface area contributed by atoms with Crippen molar-refractivity contribution in [3.8, 4) is 0 Å². The lowest BCUT2D eigenvalue weighted by Crippen LogP contribution is -2.24. The summed E-state index contributed by atoms with van der Waals surface area (Å²) in [6.45, 7) is 5.92. The molecule has 0 bridgehead atoms. The molecule has 1 fully saturated rings. The van der Waals surface area contributed by atoms with Crippen molar-refractivity contribution in [1.82, 2.24) is 4.90 Å². The number of rotatable bonds is 0. The Kier molecular flexibility index (Phi) is 1.57.